The fourth-order valence-electron chi connectivity index (χ4n) is 0.309. The van der Waals surface area contributed by atoms with Crippen LogP contribution in [0, 0.1) is 0 Å². The largest absolute Gasteiger partial charge is 0.478 e. The third kappa shape index (κ3) is 2.48. The van der Waals surface area contributed by atoms with Gasteiger partial charge in [0.05, 0.1) is 5.57 Å². The molecule has 3 N–H and O–H groups in total. The minimum Gasteiger partial charge on any atom is -0.478 e. The van der Waals surface area contributed by atoms with Gasteiger partial charge in [0.25, 0.3) is 0 Å². The lowest BCUT2D eigenvalue weighted by atomic mass is 10.3. The van der Waals surface area contributed by atoms with E-state index < -0.39 is 5.97 Å². The fourth-order valence-corrected chi connectivity index (χ4v) is 0.309. The molecule has 0 aliphatic heterocycles. The predicted molar refractivity (Wildman–Crippen MR) is 34.3 cm³/mol. The van der Waals surface area contributed by atoms with Gasteiger partial charge in [-0.2, -0.15) is 0 Å². The molecule has 0 rings (SSSR count). The molecule has 0 spiro atoms. The first-order valence-electron chi connectivity index (χ1n) is 2.29. The highest BCUT2D eigenvalue weighted by atomic mass is 16.4. The lowest BCUT2D eigenvalue weighted by molar-refractivity contribution is -0.132. The fraction of sp³-hybridized carbons (Fsp3) is 0.200. The van der Waals surface area contributed by atoms with Crippen LogP contribution in [0.1, 0.15) is 0 Å². The summed E-state index contributed by atoms with van der Waals surface area (Å²) in [6.07, 6.45) is 2.18. The molecule has 0 saturated carbocycles. The number of aliphatic imine (C=N–C) groups is 1. The molecule has 0 saturated heterocycles. The average molecular weight is 128 g/mol. The number of hydrogen-bond acceptors (Lipinski definition) is 3. The van der Waals surface area contributed by atoms with Crippen molar-refractivity contribution in [3.8, 4) is 0 Å². The Hall–Kier alpha value is -1.32. The second kappa shape index (κ2) is 3.65. The molecular formula is C5H8N2O2. The van der Waals surface area contributed by atoms with Gasteiger partial charge in [-0.3, -0.25) is 4.99 Å². The van der Waals surface area contributed by atoms with Crippen LogP contribution < -0.4 is 5.73 Å². The van der Waals surface area contributed by atoms with E-state index in [-0.39, 0.29) is 5.57 Å². The van der Waals surface area contributed by atoms with Crippen molar-refractivity contribution in [3.63, 3.8) is 0 Å². The lowest BCUT2D eigenvalue weighted by Crippen LogP contribution is -2.03. The molecule has 4 heteroatoms. The average Bonchev–Trinajstić information content (AvgIpc) is 1.82. The normalized spacial score (nSPS) is 12.3. The zero-order chi connectivity index (χ0) is 7.28. The number of nitrogens with zero attached hydrogens (tertiary/aromatic N) is 1. The Morgan fingerprint density at radius 3 is 2.44 bits per heavy atom. The van der Waals surface area contributed by atoms with Crippen LogP contribution in [0.5, 0.6) is 0 Å². The van der Waals surface area contributed by atoms with Crippen molar-refractivity contribution in [2.75, 3.05) is 7.05 Å². The molecule has 0 unspecified atom stereocenters. The molecule has 0 aliphatic carbocycles. The predicted octanol–water partition coefficient (Wildman–Crippen LogP) is -0.386. The van der Waals surface area contributed by atoms with E-state index in [4.69, 9.17) is 10.8 Å². The third-order valence-corrected chi connectivity index (χ3v) is 0.695. The van der Waals surface area contributed by atoms with Crippen LogP contribution in [0.15, 0.2) is 16.8 Å². The van der Waals surface area contributed by atoms with Crippen LogP contribution in [0.25, 0.3) is 0 Å². The summed E-state index contributed by atoms with van der Waals surface area (Å²) >= 11 is 0. The summed E-state index contributed by atoms with van der Waals surface area (Å²) < 4.78 is 0. The first-order valence-corrected chi connectivity index (χ1v) is 2.29. The Balaban J connectivity index is 4.19. The highest BCUT2D eigenvalue weighted by molar-refractivity contribution is 6.08. The van der Waals surface area contributed by atoms with Crippen LogP contribution in [-0.4, -0.2) is 24.3 Å². The standard InChI is InChI=1S/C5H8N2O2/c1-7-3-4(2-6)5(8)9/h2-3H,6H2,1H3,(H,8,9). The van der Waals surface area contributed by atoms with Crippen molar-refractivity contribution < 1.29 is 9.90 Å². The summed E-state index contributed by atoms with van der Waals surface area (Å²) in [6.45, 7) is 0. The van der Waals surface area contributed by atoms with E-state index >= 15 is 0 Å². The van der Waals surface area contributed by atoms with Gasteiger partial charge >= 0.3 is 5.97 Å². The molecule has 4 nitrogen and oxygen atoms in total. The van der Waals surface area contributed by atoms with E-state index in [0.717, 1.165) is 6.20 Å². The minimum absolute atomic E-state index is 0.00231. The summed E-state index contributed by atoms with van der Waals surface area (Å²) in [4.78, 5) is 13.6. The molecule has 0 bridgehead atoms. The van der Waals surface area contributed by atoms with Gasteiger partial charge in [-0.05, 0) is 0 Å². The van der Waals surface area contributed by atoms with Gasteiger partial charge in [0.1, 0.15) is 0 Å². The quantitative estimate of drug-likeness (QED) is 0.393. The van der Waals surface area contributed by atoms with Crippen molar-refractivity contribution in [2.45, 2.75) is 0 Å². The number of carboxylic acids is 1. The summed E-state index contributed by atoms with van der Waals surface area (Å²) in [5, 5.41) is 8.26. The molecule has 0 heterocycles. The number of hydrogen-bond donors (Lipinski definition) is 2. The topological polar surface area (TPSA) is 75.7 Å². The van der Waals surface area contributed by atoms with Crippen molar-refractivity contribution >= 4 is 12.2 Å². The van der Waals surface area contributed by atoms with Crippen molar-refractivity contribution in [1.82, 2.24) is 0 Å². The summed E-state index contributed by atoms with van der Waals surface area (Å²) in [7, 11) is 1.48. The van der Waals surface area contributed by atoms with Gasteiger partial charge in [0.2, 0.25) is 0 Å². The van der Waals surface area contributed by atoms with Gasteiger partial charge in [0.15, 0.2) is 0 Å². The molecule has 50 valence electrons. The monoisotopic (exact) mass is 128 g/mol. The molecule has 0 aromatic heterocycles. The number of nitrogens with two attached hydrogens (primary N) is 1. The van der Waals surface area contributed by atoms with Gasteiger partial charge in [-0.25, -0.2) is 4.79 Å². The lowest BCUT2D eigenvalue weighted by Gasteiger charge is -1.87. The molecule has 0 amide bonds. The van der Waals surface area contributed by atoms with E-state index in [0.29, 0.717) is 0 Å². The smallest absolute Gasteiger partial charge is 0.338 e. The molecule has 9 heavy (non-hydrogen) atoms. The molecular weight excluding hydrogens is 120 g/mol. The summed E-state index contributed by atoms with van der Waals surface area (Å²) in [5.74, 6) is -1.07. The summed E-state index contributed by atoms with van der Waals surface area (Å²) in [5.41, 5.74) is 4.92. The molecule has 0 radical (unpaired) electrons. The van der Waals surface area contributed by atoms with Gasteiger partial charge in [0, 0.05) is 19.5 Å². The van der Waals surface area contributed by atoms with E-state index in [1.54, 1.807) is 0 Å². The number of rotatable bonds is 2. The molecule has 0 fully saturated rings. The van der Waals surface area contributed by atoms with E-state index in [9.17, 15) is 4.79 Å². The minimum atomic E-state index is -1.07. The van der Waals surface area contributed by atoms with Gasteiger partial charge < -0.3 is 10.8 Å². The maximum atomic E-state index is 10.1. The number of aliphatic carboxylic acids is 1. The zero-order valence-corrected chi connectivity index (χ0v) is 5.03. The van der Waals surface area contributed by atoms with E-state index in [1.807, 2.05) is 0 Å². The maximum Gasteiger partial charge on any atom is 0.338 e. The van der Waals surface area contributed by atoms with Crippen molar-refractivity contribution in [2.24, 2.45) is 10.7 Å². The summed E-state index contributed by atoms with van der Waals surface area (Å²) in [6, 6.07) is 0. The Labute approximate surface area is 52.7 Å². The van der Waals surface area contributed by atoms with Crippen molar-refractivity contribution in [1.29, 1.82) is 0 Å². The van der Waals surface area contributed by atoms with Crippen LogP contribution in [0.3, 0.4) is 0 Å². The maximum absolute atomic E-state index is 10.1. The van der Waals surface area contributed by atoms with E-state index in [2.05, 4.69) is 4.99 Å². The Kier molecular flexibility index (Phi) is 3.12. The van der Waals surface area contributed by atoms with Crippen LogP contribution in [0.4, 0.5) is 0 Å². The van der Waals surface area contributed by atoms with Gasteiger partial charge in [-0.1, -0.05) is 0 Å². The number of carboxylic acid groups (broad SMARTS) is 1. The number of carbonyl (C=O) groups is 1. The SMILES string of the molecule is CN=CC(=CN)C(=O)O. The molecule has 0 aliphatic rings. The second-order valence-electron chi connectivity index (χ2n) is 1.31. The third-order valence-electron chi connectivity index (χ3n) is 0.695. The second-order valence-corrected chi connectivity index (χ2v) is 1.31. The molecule has 0 aromatic carbocycles. The highest BCUT2D eigenvalue weighted by Crippen LogP contribution is 1.84. The van der Waals surface area contributed by atoms with E-state index in [1.165, 1.54) is 13.3 Å². The van der Waals surface area contributed by atoms with Crippen LogP contribution in [0.2, 0.25) is 0 Å². The Bertz CT molecular complexity index is 160. The molecule has 0 aromatic rings. The van der Waals surface area contributed by atoms with Gasteiger partial charge in [-0.15, -0.1) is 0 Å². The zero-order valence-electron chi connectivity index (χ0n) is 5.03. The first kappa shape index (κ1) is 7.68. The van der Waals surface area contributed by atoms with Crippen LogP contribution >= 0.6 is 0 Å². The first-order chi connectivity index (χ1) is 4.22. The van der Waals surface area contributed by atoms with Crippen LogP contribution in [-0.2, 0) is 4.79 Å². The highest BCUT2D eigenvalue weighted by Gasteiger charge is 1.99. The Morgan fingerprint density at radius 1 is 1.78 bits per heavy atom. The van der Waals surface area contributed by atoms with Crippen molar-refractivity contribution in [3.05, 3.63) is 11.8 Å². The Morgan fingerprint density at radius 2 is 2.33 bits per heavy atom. The molecule has 0 atom stereocenters.